The Bertz CT molecular complexity index is 815. The molecule has 0 atom stereocenters. The summed E-state index contributed by atoms with van der Waals surface area (Å²) in [6.07, 6.45) is 2.13. The minimum atomic E-state index is 0.0955. The standard InChI is InChI=1S/C19H19N3OS/c1-14-17(24-19(21-14)16-10-6-7-11-20-16)12-18(23)22(2)13-15-8-4-3-5-9-15/h3-11H,12-13H2,1-2H3. The van der Waals surface area contributed by atoms with Gasteiger partial charge in [-0.05, 0) is 24.6 Å². The number of hydrogen-bond donors (Lipinski definition) is 0. The lowest BCUT2D eigenvalue weighted by atomic mass is 10.2. The van der Waals surface area contributed by atoms with Crippen molar-refractivity contribution in [2.45, 2.75) is 19.9 Å². The minimum absolute atomic E-state index is 0.0955. The second-order valence-corrected chi connectivity index (χ2v) is 6.74. The highest BCUT2D eigenvalue weighted by Gasteiger charge is 2.16. The van der Waals surface area contributed by atoms with E-state index in [4.69, 9.17) is 0 Å². The van der Waals surface area contributed by atoms with Crippen LogP contribution in [0.5, 0.6) is 0 Å². The second kappa shape index (κ2) is 7.36. The molecule has 3 rings (SSSR count). The molecule has 1 aromatic carbocycles. The molecule has 3 aromatic rings. The maximum absolute atomic E-state index is 12.5. The largest absolute Gasteiger partial charge is 0.341 e. The van der Waals surface area contributed by atoms with E-state index in [1.54, 1.807) is 22.4 Å². The second-order valence-electron chi connectivity index (χ2n) is 5.65. The summed E-state index contributed by atoms with van der Waals surface area (Å²) in [5, 5.41) is 0.863. The summed E-state index contributed by atoms with van der Waals surface area (Å²) in [5.41, 5.74) is 2.88. The number of pyridine rings is 1. The summed E-state index contributed by atoms with van der Waals surface area (Å²) >= 11 is 1.54. The van der Waals surface area contributed by atoms with Crippen LogP contribution < -0.4 is 0 Å². The molecule has 0 N–H and O–H groups in total. The third-order valence-corrected chi connectivity index (χ3v) is 4.96. The van der Waals surface area contributed by atoms with Crippen LogP contribution in [0, 0.1) is 6.92 Å². The third kappa shape index (κ3) is 3.86. The lowest BCUT2D eigenvalue weighted by molar-refractivity contribution is -0.129. The van der Waals surface area contributed by atoms with Gasteiger partial charge in [0.2, 0.25) is 5.91 Å². The molecule has 2 aromatic heterocycles. The Morgan fingerprint density at radius 1 is 1.12 bits per heavy atom. The van der Waals surface area contributed by atoms with E-state index in [1.807, 2.05) is 62.5 Å². The van der Waals surface area contributed by atoms with Crippen molar-refractivity contribution >= 4 is 17.2 Å². The normalized spacial score (nSPS) is 10.6. The van der Waals surface area contributed by atoms with Gasteiger partial charge in [0, 0.05) is 24.7 Å². The van der Waals surface area contributed by atoms with Gasteiger partial charge < -0.3 is 4.90 Å². The van der Waals surface area contributed by atoms with Crippen LogP contribution in [0.3, 0.4) is 0 Å². The summed E-state index contributed by atoms with van der Waals surface area (Å²) in [7, 11) is 1.84. The molecule has 0 saturated carbocycles. The zero-order valence-electron chi connectivity index (χ0n) is 13.8. The molecular weight excluding hydrogens is 318 g/mol. The first-order chi connectivity index (χ1) is 11.6. The molecule has 0 radical (unpaired) electrons. The van der Waals surface area contributed by atoms with E-state index in [-0.39, 0.29) is 5.91 Å². The summed E-state index contributed by atoms with van der Waals surface area (Å²) in [5.74, 6) is 0.0955. The minimum Gasteiger partial charge on any atom is -0.341 e. The zero-order valence-corrected chi connectivity index (χ0v) is 14.6. The van der Waals surface area contributed by atoms with E-state index in [1.165, 1.54) is 0 Å². The van der Waals surface area contributed by atoms with Gasteiger partial charge in [-0.25, -0.2) is 4.98 Å². The van der Waals surface area contributed by atoms with Crippen LogP contribution in [0.25, 0.3) is 10.7 Å². The molecule has 0 spiro atoms. The van der Waals surface area contributed by atoms with Gasteiger partial charge >= 0.3 is 0 Å². The van der Waals surface area contributed by atoms with E-state index in [0.29, 0.717) is 13.0 Å². The summed E-state index contributed by atoms with van der Waals surface area (Å²) in [6.45, 7) is 2.56. The Morgan fingerprint density at radius 2 is 1.88 bits per heavy atom. The van der Waals surface area contributed by atoms with Crippen molar-refractivity contribution in [1.29, 1.82) is 0 Å². The first kappa shape index (κ1) is 16.3. The molecule has 0 fully saturated rings. The van der Waals surface area contributed by atoms with Gasteiger partial charge in [-0.3, -0.25) is 9.78 Å². The molecule has 0 aliphatic rings. The average Bonchev–Trinajstić information content (AvgIpc) is 2.97. The topological polar surface area (TPSA) is 46.1 Å². The van der Waals surface area contributed by atoms with Crippen molar-refractivity contribution in [1.82, 2.24) is 14.9 Å². The first-order valence-electron chi connectivity index (χ1n) is 7.79. The van der Waals surface area contributed by atoms with Crippen LogP contribution in [0.4, 0.5) is 0 Å². The fourth-order valence-corrected chi connectivity index (χ4v) is 3.44. The Labute approximate surface area is 145 Å². The number of nitrogens with zero attached hydrogens (tertiary/aromatic N) is 3. The molecule has 1 amide bonds. The van der Waals surface area contributed by atoms with Crippen molar-refractivity contribution in [2.75, 3.05) is 7.05 Å². The number of hydrogen-bond acceptors (Lipinski definition) is 4. The number of likely N-dealkylation sites (N-methyl/N-ethyl adjacent to an activating group) is 1. The van der Waals surface area contributed by atoms with Crippen molar-refractivity contribution in [3.63, 3.8) is 0 Å². The van der Waals surface area contributed by atoms with Gasteiger partial charge in [0.15, 0.2) is 0 Å². The number of rotatable bonds is 5. The van der Waals surface area contributed by atoms with E-state index < -0.39 is 0 Å². The Kier molecular flexibility index (Phi) is 5.01. The van der Waals surface area contributed by atoms with Crippen LogP contribution in [0.1, 0.15) is 16.1 Å². The maximum atomic E-state index is 12.5. The number of aryl methyl sites for hydroxylation is 1. The monoisotopic (exact) mass is 337 g/mol. The molecule has 0 aliphatic heterocycles. The van der Waals surface area contributed by atoms with Crippen molar-refractivity contribution in [3.8, 4) is 10.7 Å². The molecule has 2 heterocycles. The zero-order chi connectivity index (χ0) is 16.9. The van der Waals surface area contributed by atoms with E-state index in [9.17, 15) is 4.79 Å². The summed E-state index contributed by atoms with van der Waals surface area (Å²) in [4.78, 5) is 24.2. The van der Waals surface area contributed by atoms with Crippen LogP contribution in [-0.2, 0) is 17.8 Å². The van der Waals surface area contributed by atoms with Gasteiger partial charge in [-0.2, -0.15) is 0 Å². The lowest BCUT2D eigenvalue weighted by Gasteiger charge is -2.17. The number of benzene rings is 1. The molecule has 24 heavy (non-hydrogen) atoms. The molecule has 122 valence electrons. The van der Waals surface area contributed by atoms with Gasteiger partial charge in [0.05, 0.1) is 17.8 Å². The van der Waals surface area contributed by atoms with Gasteiger partial charge in [0.1, 0.15) is 5.01 Å². The average molecular weight is 337 g/mol. The van der Waals surface area contributed by atoms with Crippen molar-refractivity contribution in [2.24, 2.45) is 0 Å². The Balaban J connectivity index is 1.69. The first-order valence-corrected chi connectivity index (χ1v) is 8.60. The molecule has 0 aliphatic carbocycles. The fourth-order valence-electron chi connectivity index (χ4n) is 2.41. The number of aromatic nitrogens is 2. The van der Waals surface area contributed by atoms with Crippen molar-refractivity contribution in [3.05, 3.63) is 70.9 Å². The molecule has 5 heteroatoms. The summed E-state index contributed by atoms with van der Waals surface area (Å²) in [6, 6.07) is 15.8. The quantitative estimate of drug-likeness (QED) is 0.713. The predicted octanol–water partition coefficient (Wildman–Crippen LogP) is 3.71. The molecule has 0 saturated heterocycles. The Morgan fingerprint density at radius 3 is 2.58 bits per heavy atom. The lowest BCUT2D eigenvalue weighted by Crippen LogP contribution is -2.27. The molecule has 4 nitrogen and oxygen atoms in total. The molecule has 0 unspecified atom stereocenters. The van der Waals surface area contributed by atoms with Crippen LogP contribution >= 0.6 is 11.3 Å². The maximum Gasteiger partial charge on any atom is 0.227 e. The molecular formula is C19H19N3OS. The SMILES string of the molecule is Cc1nc(-c2ccccn2)sc1CC(=O)N(C)Cc1ccccc1. The highest BCUT2D eigenvalue weighted by atomic mass is 32.1. The van der Waals surface area contributed by atoms with Crippen LogP contribution in [0.2, 0.25) is 0 Å². The number of carbonyl (C=O) groups excluding carboxylic acids is 1. The van der Waals surface area contributed by atoms with Gasteiger partial charge in [-0.1, -0.05) is 36.4 Å². The van der Waals surface area contributed by atoms with Crippen molar-refractivity contribution < 1.29 is 4.79 Å². The number of amides is 1. The number of thiazole rings is 1. The van der Waals surface area contributed by atoms with E-state index >= 15 is 0 Å². The smallest absolute Gasteiger partial charge is 0.227 e. The van der Waals surface area contributed by atoms with Gasteiger partial charge in [-0.15, -0.1) is 11.3 Å². The van der Waals surface area contributed by atoms with Crippen LogP contribution in [0.15, 0.2) is 54.7 Å². The van der Waals surface area contributed by atoms with Crippen LogP contribution in [-0.4, -0.2) is 27.8 Å². The number of carbonyl (C=O) groups is 1. The third-order valence-electron chi connectivity index (χ3n) is 3.78. The highest BCUT2D eigenvalue weighted by Crippen LogP contribution is 2.27. The molecule has 0 bridgehead atoms. The predicted molar refractivity (Wildman–Crippen MR) is 96.7 cm³/mol. The van der Waals surface area contributed by atoms with Gasteiger partial charge in [0.25, 0.3) is 0 Å². The fraction of sp³-hybridized carbons (Fsp3) is 0.211. The van der Waals surface area contributed by atoms with E-state index in [0.717, 1.165) is 26.8 Å². The van der Waals surface area contributed by atoms with E-state index in [2.05, 4.69) is 9.97 Å². The highest BCUT2D eigenvalue weighted by molar-refractivity contribution is 7.15. The Hall–Kier alpha value is -2.53. The summed E-state index contributed by atoms with van der Waals surface area (Å²) < 4.78 is 0.